The first-order valence-corrected chi connectivity index (χ1v) is 19.1. The zero-order valence-corrected chi connectivity index (χ0v) is 30.7. The van der Waals surface area contributed by atoms with Gasteiger partial charge in [-0.3, -0.25) is 0 Å². The largest absolute Gasteiger partial charge is 0.456 e. The summed E-state index contributed by atoms with van der Waals surface area (Å²) in [7, 11) is 0. The molecule has 264 valence electrons. The number of rotatable bonds is 8. The highest BCUT2D eigenvalue weighted by molar-refractivity contribution is 6.06. The van der Waals surface area contributed by atoms with Crippen molar-refractivity contribution >= 4 is 39.0 Å². The highest BCUT2D eigenvalue weighted by Gasteiger charge is 2.21. The van der Waals surface area contributed by atoms with E-state index in [4.69, 9.17) is 4.42 Å². The number of benzene rings is 9. The zero-order chi connectivity index (χ0) is 37.3. The van der Waals surface area contributed by atoms with E-state index in [0.29, 0.717) is 0 Å². The number of furan rings is 1. The maximum absolute atomic E-state index is 6.25. The molecular formula is C54H37NO. The van der Waals surface area contributed by atoms with Crippen LogP contribution in [-0.2, 0) is 0 Å². The van der Waals surface area contributed by atoms with E-state index in [1.165, 1.54) is 38.9 Å². The molecule has 1 heterocycles. The van der Waals surface area contributed by atoms with Crippen molar-refractivity contribution < 1.29 is 4.42 Å². The van der Waals surface area contributed by atoms with Gasteiger partial charge in [0.15, 0.2) is 0 Å². The van der Waals surface area contributed by atoms with Crippen molar-refractivity contribution in [3.05, 3.63) is 224 Å². The molecule has 10 aromatic rings. The summed E-state index contributed by atoms with van der Waals surface area (Å²) >= 11 is 0. The van der Waals surface area contributed by atoms with Gasteiger partial charge in [-0.05, 0) is 105 Å². The summed E-state index contributed by atoms with van der Waals surface area (Å²) in [6.07, 6.45) is 0. The summed E-state index contributed by atoms with van der Waals surface area (Å²) in [5.74, 6) is 0. The third-order valence-corrected chi connectivity index (χ3v) is 10.7. The van der Waals surface area contributed by atoms with Crippen LogP contribution in [0, 0.1) is 0 Å². The number of anilines is 3. The molecule has 2 nitrogen and oxygen atoms in total. The van der Waals surface area contributed by atoms with Crippen LogP contribution in [0.1, 0.15) is 0 Å². The number of para-hydroxylation sites is 3. The third-order valence-electron chi connectivity index (χ3n) is 10.7. The standard InChI is InChI=1S/C54H37NO/c1-4-16-38(17-5-1)41-30-34-47(46-23-11-10-22-45(46)40-18-6-2-7-19-40)51(36-41)48-24-12-14-26-52(48)55(43-20-8-3-9-21-43)44-32-28-39(29-33-44)42-31-35-50-49-25-13-15-27-53(49)56-54(50)37-42/h1-37H. The molecule has 0 saturated heterocycles. The second-order valence-electron chi connectivity index (χ2n) is 14.1. The Labute approximate surface area is 327 Å². The van der Waals surface area contributed by atoms with Crippen LogP contribution in [0.3, 0.4) is 0 Å². The van der Waals surface area contributed by atoms with Crippen LogP contribution < -0.4 is 4.90 Å². The minimum Gasteiger partial charge on any atom is -0.456 e. The first-order valence-electron chi connectivity index (χ1n) is 19.1. The Morgan fingerprint density at radius 3 is 1.54 bits per heavy atom. The lowest BCUT2D eigenvalue weighted by molar-refractivity contribution is 0.669. The van der Waals surface area contributed by atoms with Crippen LogP contribution in [0.25, 0.3) is 77.6 Å². The van der Waals surface area contributed by atoms with Crippen molar-refractivity contribution in [3.63, 3.8) is 0 Å². The molecule has 10 rings (SSSR count). The van der Waals surface area contributed by atoms with Gasteiger partial charge in [-0.15, -0.1) is 0 Å². The van der Waals surface area contributed by atoms with Gasteiger partial charge in [0, 0.05) is 27.7 Å². The van der Waals surface area contributed by atoms with Gasteiger partial charge in [-0.25, -0.2) is 0 Å². The zero-order valence-electron chi connectivity index (χ0n) is 30.7. The Morgan fingerprint density at radius 1 is 0.268 bits per heavy atom. The summed E-state index contributed by atoms with van der Waals surface area (Å²) in [6, 6.07) is 80.2. The number of hydrogen-bond donors (Lipinski definition) is 0. The minimum atomic E-state index is 0.898. The van der Waals surface area contributed by atoms with Gasteiger partial charge in [0.1, 0.15) is 11.2 Å². The molecule has 0 aliphatic rings. The van der Waals surface area contributed by atoms with E-state index < -0.39 is 0 Å². The fourth-order valence-corrected chi connectivity index (χ4v) is 8.01. The van der Waals surface area contributed by atoms with Crippen LogP contribution in [0.4, 0.5) is 17.1 Å². The van der Waals surface area contributed by atoms with Crippen molar-refractivity contribution in [3.8, 4) is 55.6 Å². The molecular weight excluding hydrogens is 679 g/mol. The molecule has 2 heteroatoms. The maximum atomic E-state index is 6.25. The number of hydrogen-bond acceptors (Lipinski definition) is 2. The maximum Gasteiger partial charge on any atom is 0.136 e. The molecule has 9 aromatic carbocycles. The molecule has 56 heavy (non-hydrogen) atoms. The molecule has 0 amide bonds. The van der Waals surface area contributed by atoms with Crippen LogP contribution >= 0.6 is 0 Å². The van der Waals surface area contributed by atoms with Gasteiger partial charge in [0.25, 0.3) is 0 Å². The van der Waals surface area contributed by atoms with Crippen LogP contribution in [0.5, 0.6) is 0 Å². The first kappa shape index (κ1) is 33.2. The molecule has 0 atom stereocenters. The molecule has 1 aromatic heterocycles. The van der Waals surface area contributed by atoms with Crippen LogP contribution in [-0.4, -0.2) is 0 Å². The Morgan fingerprint density at radius 2 is 0.768 bits per heavy atom. The van der Waals surface area contributed by atoms with Gasteiger partial charge in [0.2, 0.25) is 0 Å². The summed E-state index contributed by atoms with van der Waals surface area (Å²) in [5.41, 5.74) is 16.8. The average molecular weight is 716 g/mol. The summed E-state index contributed by atoms with van der Waals surface area (Å²) in [5, 5.41) is 2.28. The summed E-state index contributed by atoms with van der Waals surface area (Å²) in [4.78, 5) is 2.38. The molecule has 0 bridgehead atoms. The van der Waals surface area contributed by atoms with Gasteiger partial charge in [-0.1, -0.05) is 170 Å². The normalized spacial score (nSPS) is 11.2. The van der Waals surface area contributed by atoms with E-state index in [9.17, 15) is 0 Å². The second kappa shape index (κ2) is 14.4. The first-order chi connectivity index (χ1) is 27.8. The lowest BCUT2D eigenvalue weighted by atomic mass is 9.87. The van der Waals surface area contributed by atoms with E-state index in [1.807, 2.05) is 12.1 Å². The molecule has 0 N–H and O–H groups in total. The van der Waals surface area contributed by atoms with E-state index in [-0.39, 0.29) is 0 Å². The van der Waals surface area contributed by atoms with Gasteiger partial charge in [-0.2, -0.15) is 0 Å². The van der Waals surface area contributed by atoms with E-state index >= 15 is 0 Å². The Hall–Kier alpha value is -7.42. The highest BCUT2D eigenvalue weighted by Crippen LogP contribution is 2.46. The lowest BCUT2D eigenvalue weighted by Crippen LogP contribution is -2.11. The average Bonchev–Trinajstić information content (AvgIpc) is 3.66. The van der Waals surface area contributed by atoms with Gasteiger partial charge in [0.05, 0.1) is 5.69 Å². The summed E-state index contributed by atoms with van der Waals surface area (Å²) < 4.78 is 6.25. The minimum absolute atomic E-state index is 0.898. The fourth-order valence-electron chi connectivity index (χ4n) is 8.01. The predicted molar refractivity (Wildman–Crippen MR) is 236 cm³/mol. The fraction of sp³-hybridized carbons (Fsp3) is 0. The molecule has 0 radical (unpaired) electrons. The Kier molecular flexibility index (Phi) is 8.55. The van der Waals surface area contributed by atoms with Crippen molar-refractivity contribution in [1.82, 2.24) is 0 Å². The second-order valence-corrected chi connectivity index (χ2v) is 14.1. The number of fused-ring (bicyclic) bond motifs is 3. The van der Waals surface area contributed by atoms with Crippen molar-refractivity contribution in [2.24, 2.45) is 0 Å². The highest BCUT2D eigenvalue weighted by atomic mass is 16.3. The van der Waals surface area contributed by atoms with E-state index in [1.54, 1.807) is 0 Å². The molecule has 0 aliphatic heterocycles. The topological polar surface area (TPSA) is 16.4 Å². The van der Waals surface area contributed by atoms with E-state index in [0.717, 1.165) is 55.7 Å². The Bertz CT molecular complexity index is 2950. The molecule has 0 spiro atoms. The molecule has 0 aliphatic carbocycles. The molecule has 0 saturated carbocycles. The van der Waals surface area contributed by atoms with Crippen LogP contribution in [0.15, 0.2) is 229 Å². The van der Waals surface area contributed by atoms with Gasteiger partial charge < -0.3 is 9.32 Å². The third kappa shape index (κ3) is 6.14. The van der Waals surface area contributed by atoms with Crippen molar-refractivity contribution in [2.45, 2.75) is 0 Å². The lowest BCUT2D eigenvalue weighted by Gasteiger charge is -2.29. The Balaban J connectivity index is 1.13. The van der Waals surface area contributed by atoms with Crippen molar-refractivity contribution in [1.29, 1.82) is 0 Å². The van der Waals surface area contributed by atoms with E-state index in [2.05, 4.69) is 217 Å². The smallest absolute Gasteiger partial charge is 0.136 e. The molecule has 0 fully saturated rings. The number of nitrogens with zero attached hydrogens (tertiary/aromatic N) is 1. The van der Waals surface area contributed by atoms with Crippen LogP contribution in [0.2, 0.25) is 0 Å². The predicted octanol–water partition coefficient (Wildman–Crippen LogP) is 15.4. The molecule has 0 unspecified atom stereocenters. The quantitative estimate of drug-likeness (QED) is 0.156. The van der Waals surface area contributed by atoms with Gasteiger partial charge >= 0.3 is 0 Å². The monoisotopic (exact) mass is 715 g/mol. The summed E-state index contributed by atoms with van der Waals surface area (Å²) in [6.45, 7) is 0. The van der Waals surface area contributed by atoms with Crippen molar-refractivity contribution in [2.75, 3.05) is 4.90 Å². The SMILES string of the molecule is c1ccc(-c2ccc(-c3ccccc3-c3ccccc3)c(-c3ccccc3N(c3ccccc3)c3ccc(-c4ccc5c(c4)oc4ccccc45)cc3)c2)cc1.